The van der Waals surface area contributed by atoms with Gasteiger partial charge in [0.25, 0.3) is 0 Å². The van der Waals surface area contributed by atoms with E-state index in [1.54, 1.807) is 0 Å². The van der Waals surface area contributed by atoms with Gasteiger partial charge in [0.05, 0.1) is 89.2 Å². The minimum Gasteiger partial charge on any atom is -0.371 e. The van der Waals surface area contributed by atoms with Crippen molar-refractivity contribution in [3.05, 3.63) is 35.9 Å². The van der Waals surface area contributed by atoms with E-state index in [4.69, 9.17) is 172 Å². The van der Waals surface area contributed by atoms with Gasteiger partial charge in [0.2, 0.25) is 0 Å². The highest BCUT2D eigenvalue weighted by Crippen LogP contribution is 2.39. The van der Waals surface area contributed by atoms with Gasteiger partial charge in [0.15, 0.2) is 0 Å². The fraction of sp³-hybridized carbons (Fsp3) is 0.793. The van der Waals surface area contributed by atoms with Crippen molar-refractivity contribution in [3.63, 3.8) is 0 Å². The van der Waals surface area contributed by atoms with Crippen LogP contribution in [0.25, 0.3) is 0 Å². The summed E-state index contributed by atoms with van der Waals surface area (Å²) in [6, 6.07) is 9.81. The predicted octanol–water partition coefficient (Wildman–Crippen LogP) is 12.5. The zero-order valence-corrected chi connectivity index (χ0v) is 35.1. The highest BCUT2D eigenvalue weighted by molar-refractivity contribution is 6.45. The molecule has 0 bridgehead atoms. The molecule has 0 radical (unpaired) electrons. The molecule has 45 heavy (non-hydrogen) atoms. The molecule has 0 N–H and O–H groups in total. The summed E-state index contributed by atoms with van der Waals surface area (Å²) in [5.74, 6) is 0.0462. The Kier molecular flexibility index (Phi) is 24.3. The van der Waals surface area contributed by atoms with E-state index in [9.17, 15) is 0 Å². The van der Waals surface area contributed by atoms with Crippen molar-refractivity contribution < 1.29 is 9.47 Å². The molecule has 0 saturated heterocycles. The van der Waals surface area contributed by atoms with E-state index in [1.807, 2.05) is 51.1 Å². The van der Waals surface area contributed by atoms with Crippen molar-refractivity contribution in [1.82, 2.24) is 0 Å². The van der Waals surface area contributed by atoms with Crippen molar-refractivity contribution in [2.45, 2.75) is 122 Å². The third kappa shape index (κ3) is 15.0. The fourth-order valence-electron chi connectivity index (χ4n) is 4.06. The maximum Gasteiger partial charge on any atom is 0.149 e. The van der Waals surface area contributed by atoms with Gasteiger partial charge in [-0.25, -0.2) is 0 Å². The molecule has 15 unspecified atom stereocenters. The lowest BCUT2D eigenvalue weighted by Gasteiger charge is -2.35. The third-order valence-electron chi connectivity index (χ3n) is 6.92. The summed E-state index contributed by atoms with van der Waals surface area (Å²) in [4.78, 5) is 0. The Hall–Kier alpha value is 3.20. The molecule has 0 aliphatic carbocycles. The van der Waals surface area contributed by atoms with Gasteiger partial charge in [0, 0.05) is 0 Å². The van der Waals surface area contributed by atoms with E-state index in [1.165, 1.54) is 0 Å². The van der Waals surface area contributed by atoms with E-state index in [0.29, 0.717) is 6.61 Å². The zero-order chi connectivity index (χ0) is 34.6. The van der Waals surface area contributed by atoms with E-state index in [2.05, 4.69) is 0 Å². The first-order valence-electron chi connectivity index (χ1n) is 14.2. The second-order valence-corrected chi connectivity index (χ2v) is 17.9. The quantitative estimate of drug-likeness (QED) is 0.108. The lowest BCUT2D eigenvalue weighted by Crippen LogP contribution is -2.49. The molecular weight excluding hydrogens is 877 g/mol. The maximum absolute atomic E-state index is 6.63. The average molecular weight is 915 g/mol. The number of halogens is 14. The molecule has 0 saturated carbocycles. The Morgan fingerprint density at radius 2 is 0.844 bits per heavy atom. The Balaban J connectivity index is 2.75. The van der Waals surface area contributed by atoms with Gasteiger partial charge in [-0.2, -0.15) is 0 Å². The van der Waals surface area contributed by atoms with Crippen LogP contribution in [0.1, 0.15) is 39.2 Å². The molecule has 0 aliphatic heterocycles. The number of benzene rings is 1. The number of alkyl halides is 14. The Morgan fingerprint density at radius 1 is 0.489 bits per heavy atom. The monoisotopic (exact) mass is 908 g/mol. The van der Waals surface area contributed by atoms with Gasteiger partial charge in [0.1, 0.15) is 5.56 Å². The van der Waals surface area contributed by atoms with Gasteiger partial charge < -0.3 is 9.47 Å². The number of ether oxygens (including phenoxy) is 2. The van der Waals surface area contributed by atoms with Gasteiger partial charge in [-0.15, -0.1) is 151 Å². The molecule has 1 aromatic carbocycles. The van der Waals surface area contributed by atoms with E-state index in [0.717, 1.165) is 18.4 Å². The smallest absolute Gasteiger partial charge is 0.149 e. The summed E-state index contributed by atoms with van der Waals surface area (Å²) in [5.41, 5.74) is 0.0353. The number of rotatable bonds is 22. The SMILES string of the molecule is CCCC(COC(Cl)C(Cl)C(Cl)C(Cl)C(Cl)C(Cl)C(Cl)C(Cl)C(Cl)C(Cl)C(Cl)C(Cl)C(Cl)C(Cl)C(C)C)OCc1ccccc1. The number of hydrogen-bond donors (Lipinski definition) is 0. The molecule has 0 aromatic heterocycles. The predicted molar refractivity (Wildman–Crippen MR) is 206 cm³/mol. The average Bonchev–Trinajstić information content (AvgIpc) is 3.04. The summed E-state index contributed by atoms with van der Waals surface area (Å²) in [6.45, 7) is 6.50. The third-order valence-corrected chi connectivity index (χ3v) is 16.2. The maximum atomic E-state index is 6.63. The van der Waals surface area contributed by atoms with Crippen LogP contribution in [0.2, 0.25) is 0 Å². The van der Waals surface area contributed by atoms with Crippen molar-refractivity contribution in [1.29, 1.82) is 0 Å². The first kappa shape index (κ1) is 46.2. The second kappa shape index (κ2) is 23.7. The Morgan fingerprint density at radius 3 is 1.20 bits per heavy atom. The minimum absolute atomic E-state index is 0.0462. The van der Waals surface area contributed by atoms with Gasteiger partial charge >= 0.3 is 0 Å². The topological polar surface area (TPSA) is 18.5 Å². The van der Waals surface area contributed by atoms with E-state index >= 15 is 0 Å². The Bertz CT molecular complexity index is 920. The zero-order valence-electron chi connectivity index (χ0n) is 24.6. The van der Waals surface area contributed by atoms with Crippen LogP contribution >= 0.6 is 162 Å². The van der Waals surface area contributed by atoms with Crippen LogP contribution in [0.15, 0.2) is 30.3 Å². The molecule has 1 rings (SSSR count). The van der Waals surface area contributed by atoms with Gasteiger partial charge in [-0.05, 0) is 17.9 Å². The molecule has 264 valence electrons. The largest absolute Gasteiger partial charge is 0.371 e. The minimum atomic E-state index is -1.03. The molecule has 0 fully saturated rings. The summed E-state index contributed by atoms with van der Waals surface area (Å²) in [5, 5.41) is -11.9. The fourth-order valence-corrected chi connectivity index (χ4v) is 9.13. The standard InChI is InChI=1S/C29H38Cl14O2/c1-4-8-15(44-11-14-9-6-5-7-10-14)12-45-29(43)28(42)27(41)26(40)25(39)24(38)23(37)22(36)21(35)20(34)19(33)18(32)17(31)16(30)13(2)3/h5-7,9-10,13,15-29H,4,8,11-12H2,1-3H3. The van der Waals surface area contributed by atoms with Crippen LogP contribution in [0, 0.1) is 5.92 Å². The summed E-state index contributed by atoms with van der Waals surface area (Å²) >= 11 is 91.7. The van der Waals surface area contributed by atoms with Gasteiger partial charge in [-0.1, -0.05) is 69.1 Å². The molecule has 0 amide bonds. The van der Waals surface area contributed by atoms with Crippen LogP contribution in [0.3, 0.4) is 0 Å². The molecule has 1 aromatic rings. The van der Waals surface area contributed by atoms with Crippen LogP contribution in [0.5, 0.6) is 0 Å². The highest BCUT2D eigenvalue weighted by atomic mass is 35.5. The van der Waals surface area contributed by atoms with Crippen molar-refractivity contribution in [2.24, 2.45) is 5.92 Å². The van der Waals surface area contributed by atoms with Crippen LogP contribution in [-0.2, 0) is 16.1 Å². The van der Waals surface area contributed by atoms with Crippen molar-refractivity contribution >= 4 is 162 Å². The van der Waals surface area contributed by atoms with Crippen LogP contribution in [-0.4, -0.2) is 88.2 Å². The summed E-state index contributed by atoms with van der Waals surface area (Å²) in [6.07, 6.45) is 1.45. The molecule has 2 nitrogen and oxygen atoms in total. The van der Waals surface area contributed by atoms with E-state index in [-0.39, 0.29) is 18.6 Å². The van der Waals surface area contributed by atoms with Crippen LogP contribution < -0.4 is 0 Å². The van der Waals surface area contributed by atoms with Crippen LogP contribution in [0.4, 0.5) is 0 Å². The van der Waals surface area contributed by atoms with E-state index < -0.39 is 75.5 Å². The Labute approximate surface area is 338 Å². The first-order valence-corrected chi connectivity index (χ1v) is 20.3. The summed E-state index contributed by atoms with van der Waals surface area (Å²) < 4.78 is 11.8. The highest BCUT2D eigenvalue weighted by Gasteiger charge is 2.45. The second-order valence-electron chi connectivity index (χ2n) is 10.9. The molecule has 16 heteroatoms. The van der Waals surface area contributed by atoms with Gasteiger partial charge in [-0.3, -0.25) is 0 Å². The molecular formula is C29H38Cl14O2. The molecule has 0 spiro atoms. The van der Waals surface area contributed by atoms with Crippen molar-refractivity contribution in [3.8, 4) is 0 Å². The molecule has 0 aliphatic rings. The first-order chi connectivity index (χ1) is 21.0. The van der Waals surface area contributed by atoms with Crippen molar-refractivity contribution in [2.75, 3.05) is 6.61 Å². The molecule has 15 atom stereocenters. The molecule has 0 heterocycles. The lowest BCUT2D eigenvalue weighted by atomic mass is 9.99. The normalized spacial score (nSPS) is 22.6. The summed E-state index contributed by atoms with van der Waals surface area (Å²) in [7, 11) is 0. The number of hydrogen-bond acceptors (Lipinski definition) is 2. The lowest BCUT2D eigenvalue weighted by molar-refractivity contribution is -0.0371.